The summed E-state index contributed by atoms with van der Waals surface area (Å²) in [6.07, 6.45) is -0.574. The van der Waals surface area contributed by atoms with Gasteiger partial charge >= 0.3 is 12.1 Å². The Morgan fingerprint density at radius 1 is 1.24 bits per heavy atom. The van der Waals surface area contributed by atoms with Crippen LogP contribution in [0, 0.1) is 0 Å². The number of amides is 1. The van der Waals surface area contributed by atoms with Crippen LogP contribution in [-0.2, 0) is 31.3 Å². The van der Waals surface area contributed by atoms with Gasteiger partial charge in [0.15, 0.2) is 0 Å². The van der Waals surface area contributed by atoms with E-state index in [1.807, 2.05) is 0 Å². The topological polar surface area (TPSA) is 81.7 Å². The van der Waals surface area contributed by atoms with Crippen LogP contribution in [0.2, 0.25) is 0 Å². The molecule has 116 valence electrons. The first-order chi connectivity index (χ1) is 9.69. The Bertz CT molecular complexity index is 551. The second-order valence-corrected chi connectivity index (χ2v) is 6.35. The smallest absolute Gasteiger partial charge is 0.407 e. The quantitative estimate of drug-likeness (QED) is 0.922. The van der Waals surface area contributed by atoms with E-state index in [-0.39, 0.29) is 6.54 Å². The molecule has 6 nitrogen and oxygen atoms in total. The molecule has 1 aromatic rings. The van der Waals surface area contributed by atoms with Crippen LogP contribution in [0.1, 0.15) is 33.3 Å². The first kappa shape index (κ1) is 17.2. The summed E-state index contributed by atoms with van der Waals surface area (Å²) in [5.41, 5.74) is -0.00704. The fourth-order valence-corrected chi connectivity index (χ4v) is 2.29. The zero-order valence-corrected chi connectivity index (χ0v) is 13.3. The molecule has 1 unspecified atom stereocenters. The SMILES string of the molecule is CC(=O)OS(=O)c1ccccc1CNC(=O)OC(C)(C)C. The largest absolute Gasteiger partial charge is 0.444 e. The highest BCUT2D eigenvalue weighted by molar-refractivity contribution is 7.80. The van der Waals surface area contributed by atoms with E-state index in [4.69, 9.17) is 4.74 Å². The highest BCUT2D eigenvalue weighted by Gasteiger charge is 2.17. The standard InChI is InChI=1S/C14H19NO5S/c1-10(16)20-21(18)12-8-6-5-7-11(12)9-15-13(17)19-14(2,3)4/h5-8H,9H2,1-4H3,(H,15,17). The predicted molar refractivity (Wildman–Crippen MR) is 77.7 cm³/mol. The Morgan fingerprint density at radius 2 is 1.86 bits per heavy atom. The molecule has 0 aliphatic heterocycles. The minimum atomic E-state index is -1.90. The second kappa shape index (κ2) is 7.21. The maximum Gasteiger partial charge on any atom is 0.407 e. The van der Waals surface area contributed by atoms with Crippen molar-refractivity contribution in [1.82, 2.24) is 5.32 Å². The minimum absolute atomic E-state index is 0.123. The van der Waals surface area contributed by atoms with Crippen LogP contribution in [0.3, 0.4) is 0 Å². The molecule has 0 fully saturated rings. The molecule has 1 aromatic carbocycles. The van der Waals surface area contributed by atoms with Crippen molar-refractivity contribution in [2.75, 3.05) is 0 Å². The lowest BCUT2D eigenvalue weighted by Gasteiger charge is -2.20. The molecule has 0 bridgehead atoms. The molecule has 1 rings (SSSR count). The maximum absolute atomic E-state index is 11.9. The lowest BCUT2D eigenvalue weighted by molar-refractivity contribution is -0.131. The van der Waals surface area contributed by atoms with Gasteiger partial charge in [-0.25, -0.2) is 9.00 Å². The molecule has 1 atom stereocenters. The third-order valence-corrected chi connectivity index (χ3v) is 3.31. The van der Waals surface area contributed by atoms with Crippen molar-refractivity contribution in [2.45, 2.75) is 44.7 Å². The van der Waals surface area contributed by atoms with Gasteiger partial charge in [0.25, 0.3) is 0 Å². The molecular weight excluding hydrogens is 294 g/mol. The van der Waals surface area contributed by atoms with Gasteiger partial charge in [-0.2, -0.15) is 0 Å². The number of benzene rings is 1. The van der Waals surface area contributed by atoms with E-state index in [0.29, 0.717) is 10.5 Å². The summed E-state index contributed by atoms with van der Waals surface area (Å²) in [6.45, 7) is 6.58. The Kier molecular flexibility index (Phi) is 5.90. The van der Waals surface area contributed by atoms with E-state index in [9.17, 15) is 13.8 Å². The van der Waals surface area contributed by atoms with Crippen molar-refractivity contribution in [3.8, 4) is 0 Å². The van der Waals surface area contributed by atoms with E-state index in [0.717, 1.165) is 0 Å². The van der Waals surface area contributed by atoms with Crippen molar-refractivity contribution in [3.63, 3.8) is 0 Å². The highest BCUT2D eigenvalue weighted by atomic mass is 32.2. The van der Waals surface area contributed by atoms with Crippen LogP contribution < -0.4 is 5.32 Å². The maximum atomic E-state index is 11.9. The molecule has 0 saturated heterocycles. The summed E-state index contributed by atoms with van der Waals surface area (Å²) in [6, 6.07) is 6.67. The molecular formula is C14H19NO5S. The summed E-state index contributed by atoms with van der Waals surface area (Å²) in [7, 11) is 0. The van der Waals surface area contributed by atoms with Crippen molar-refractivity contribution < 1.29 is 22.7 Å². The van der Waals surface area contributed by atoms with Crippen LogP contribution in [0.4, 0.5) is 4.79 Å². The molecule has 21 heavy (non-hydrogen) atoms. The summed E-state index contributed by atoms with van der Waals surface area (Å²) in [5.74, 6) is -0.636. The molecule has 0 aromatic heterocycles. The average molecular weight is 313 g/mol. The van der Waals surface area contributed by atoms with Gasteiger partial charge in [-0.3, -0.25) is 4.79 Å². The van der Waals surface area contributed by atoms with Crippen LogP contribution in [0.15, 0.2) is 29.2 Å². The first-order valence-corrected chi connectivity index (χ1v) is 7.42. The molecule has 1 amide bonds. The molecule has 7 heteroatoms. The Morgan fingerprint density at radius 3 is 2.43 bits per heavy atom. The van der Waals surface area contributed by atoms with E-state index in [2.05, 4.69) is 9.50 Å². The number of rotatable bonds is 4. The number of nitrogens with one attached hydrogen (secondary N) is 1. The lowest BCUT2D eigenvalue weighted by Crippen LogP contribution is -2.32. The summed E-state index contributed by atoms with van der Waals surface area (Å²) in [4.78, 5) is 22.8. The second-order valence-electron chi connectivity index (χ2n) is 5.27. The van der Waals surface area contributed by atoms with Crippen molar-refractivity contribution in [2.24, 2.45) is 0 Å². The minimum Gasteiger partial charge on any atom is -0.444 e. The summed E-state index contributed by atoms with van der Waals surface area (Å²) < 4.78 is 21.6. The fourth-order valence-electron chi connectivity index (χ4n) is 1.45. The number of carbonyl (C=O) groups is 2. The lowest BCUT2D eigenvalue weighted by atomic mass is 10.2. The zero-order valence-electron chi connectivity index (χ0n) is 12.5. The monoisotopic (exact) mass is 313 g/mol. The van der Waals surface area contributed by atoms with E-state index < -0.39 is 28.7 Å². The van der Waals surface area contributed by atoms with Crippen LogP contribution >= 0.6 is 0 Å². The number of alkyl carbamates (subject to hydrolysis) is 1. The zero-order chi connectivity index (χ0) is 16.0. The fraction of sp³-hybridized carbons (Fsp3) is 0.429. The van der Waals surface area contributed by atoms with Crippen molar-refractivity contribution in [3.05, 3.63) is 29.8 Å². The van der Waals surface area contributed by atoms with Gasteiger partial charge in [0, 0.05) is 13.5 Å². The number of hydrogen-bond donors (Lipinski definition) is 1. The molecule has 0 radical (unpaired) electrons. The third-order valence-electron chi connectivity index (χ3n) is 2.17. The first-order valence-electron chi connectivity index (χ1n) is 6.34. The molecule has 1 N–H and O–H groups in total. The van der Waals surface area contributed by atoms with E-state index >= 15 is 0 Å². The number of carbonyl (C=O) groups excluding carboxylic acids is 2. The van der Waals surface area contributed by atoms with Gasteiger partial charge in [0.05, 0.1) is 4.90 Å². The van der Waals surface area contributed by atoms with Gasteiger partial charge < -0.3 is 14.2 Å². The average Bonchev–Trinajstić information content (AvgIpc) is 2.33. The normalized spacial score (nSPS) is 12.4. The van der Waals surface area contributed by atoms with E-state index in [1.54, 1.807) is 45.0 Å². The summed E-state index contributed by atoms with van der Waals surface area (Å²) in [5, 5.41) is 2.57. The Balaban J connectivity index is 2.74. The van der Waals surface area contributed by atoms with Gasteiger partial charge in [-0.1, -0.05) is 18.2 Å². The molecule has 0 heterocycles. The van der Waals surface area contributed by atoms with Gasteiger partial charge in [-0.05, 0) is 32.4 Å². The van der Waals surface area contributed by atoms with Crippen LogP contribution in [-0.4, -0.2) is 21.9 Å². The van der Waals surface area contributed by atoms with Crippen molar-refractivity contribution in [1.29, 1.82) is 0 Å². The predicted octanol–water partition coefficient (Wildman–Crippen LogP) is 2.30. The van der Waals surface area contributed by atoms with Crippen LogP contribution in [0.25, 0.3) is 0 Å². The molecule has 0 saturated carbocycles. The Hall–Kier alpha value is -1.89. The Labute approximate surface area is 126 Å². The van der Waals surface area contributed by atoms with Gasteiger partial charge in [0.2, 0.25) is 11.1 Å². The number of ether oxygens (including phenoxy) is 1. The van der Waals surface area contributed by atoms with Crippen molar-refractivity contribution >= 4 is 23.1 Å². The molecule has 0 aliphatic carbocycles. The van der Waals surface area contributed by atoms with Crippen LogP contribution in [0.5, 0.6) is 0 Å². The third kappa shape index (κ3) is 6.40. The molecule has 0 aliphatic rings. The highest BCUT2D eigenvalue weighted by Crippen LogP contribution is 2.15. The summed E-state index contributed by atoms with van der Waals surface area (Å²) >= 11 is -1.90. The molecule has 0 spiro atoms. The van der Waals surface area contributed by atoms with Gasteiger partial charge in [-0.15, -0.1) is 0 Å². The number of hydrogen-bond acceptors (Lipinski definition) is 5. The van der Waals surface area contributed by atoms with Gasteiger partial charge in [0.1, 0.15) is 5.60 Å². The van der Waals surface area contributed by atoms with E-state index in [1.165, 1.54) is 6.92 Å².